The van der Waals surface area contributed by atoms with Crippen molar-refractivity contribution in [1.82, 2.24) is 0 Å². The van der Waals surface area contributed by atoms with Crippen LogP contribution >= 0.6 is 0 Å². The van der Waals surface area contributed by atoms with Crippen LogP contribution in [0.5, 0.6) is 0 Å². The summed E-state index contributed by atoms with van der Waals surface area (Å²) in [4.78, 5) is 0. The van der Waals surface area contributed by atoms with Gasteiger partial charge in [-0.25, -0.2) is 0 Å². The number of hydrogen-bond donors (Lipinski definition) is 1. The summed E-state index contributed by atoms with van der Waals surface area (Å²) in [6.07, 6.45) is -0.866. The minimum Gasteiger partial charge on any atom is -0.390 e. The average molecular weight is 455 g/mol. The highest BCUT2D eigenvalue weighted by molar-refractivity contribution is 4.90. The lowest BCUT2D eigenvalue weighted by Gasteiger charge is -2.41. The molecule has 0 saturated heterocycles. The molecule has 0 spiro atoms. The third kappa shape index (κ3) is 10.4. The zero-order valence-corrected chi connectivity index (χ0v) is 21.5. The fraction of sp³-hybridized carbons (Fsp3) is 1.00. The Bertz CT molecular complexity index is 509. The van der Waals surface area contributed by atoms with Gasteiger partial charge >= 0.3 is 6.18 Å². The van der Waals surface area contributed by atoms with Crippen molar-refractivity contribution >= 4 is 0 Å². The minimum absolute atomic E-state index is 0.0423. The van der Waals surface area contributed by atoms with Crippen LogP contribution in [0.15, 0.2) is 0 Å². The van der Waals surface area contributed by atoms with E-state index in [9.17, 15) is 18.3 Å². The van der Waals surface area contributed by atoms with Crippen molar-refractivity contribution in [2.75, 3.05) is 19.8 Å². The molecule has 1 N–H and O–H groups in total. The van der Waals surface area contributed by atoms with Gasteiger partial charge < -0.3 is 14.6 Å². The molecular weight excluding hydrogens is 405 g/mol. The Balaban J connectivity index is 5.33. The predicted molar refractivity (Wildman–Crippen MR) is 122 cm³/mol. The molecule has 0 aliphatic heterocycles. The van der Waals surface area contributed by atoms with E-state index in [1.165, 1.54) is 6.92 Å². The van der Waals surface area contributed by atoms with Gasteiger partial charge in [0.1, 0.15) is 0 Å². The van der Waals surface area contributed by atoms with E-state index in [-0.39, 0.29) is 25.6 Å². The van der Waals surface area contributed by atoms with Crippen LogP contribution in [0, 0.1) is 16.2 Å². The second kappa shape index (κ2) is 12.2. The van der Waals surface area contributed by atoms with Gasteiger partial charge in [-0.3, -0.25) is 0 Å². The summed E-state index contributed by atoms with van der Waals surface area (Å²) in [7, 11) is 0. The first-order chi connectivity index (χ1) is 14.0. The van der Waals surface area contributed by atoms with Crippen molar-refractivity contribution in [2.45, 2.75) is 125 Å². The Labute approximate surface area is 189 Å². The molecule has 0 rings (SSSR count). The minimum atomic E-state index is -4.24. The van der Waals surface area contributed by atoms with E-state index < -0.39 is 28.0 Å². The van der Waals surface area contributed by atoms with Crippen LogP contribution in [0.1, 0.15) is 107 Å². The highest BCUT2D eigenvalue weighted by Gasteiger charge is 2.52. The van der Waals surface area contributed by atoms with Crippen LogP contribution in [0.25, 0.3) is 0 Å². The highest BCUT2D eigenvalue weighted by atomic mass is 19.4. The molecule has 188 valence electrons. The normalized spacial score (nSPS) is 21.6. The second-order valence-corrected chi connectivity index (χ2v) is 11.0. The molecule has 0 bridgehead atoms. The van der Waals surface area contributed by atoms with Crippen LogP contribution in [0.4, 0.5) is 13.2 Å². The number of ether oxygens (including phenoxy) is 2. The summed E-state index contributed by atoms with van der Waals surface area (Å²) < 4.78 is 53.5. The molecule has 3 nitrogen and oxygen atoms in total. The molecule has 0 aromatic rings. The Kier molecular flexibility index (Phi) is 12.1. The van der Waals surface area contributed by atoms with Gasteiger partial charge in [-0.15, -0.1) is 0 Å². The third-order valence-electron chi connectivity index (χ3n) is 6.92. The molecule has 0 aliphatic rings. The first-order valence-electron chi connectivity index (χ1n) is 12.0. The van der Waals surface area contributed by atoms with E-state index in [1.807, 2.05) is 41.5 Å². The molecule has 0 amide bonds. The van der Waals surface area contributed by atoms with Gasteiger partial charge in [0, 0.05) is 5.41 Å². The fourth-order valence-corrected chi connectivity index (χ4v) is 4.30. The highest BCUT2D eigenvalue weighted by Crippen LogP contribution is 2.50. The van der Waals surface area contributed by atoms with E-state index in [4.69, 9.17) is 9.47 Å². The summed E-state index contributed by atoms with van der Waals surface area (Å²) in [5.74, 6) is 0. The average Bonchev–Trinajstić information content (AvgIpc) is 2.65. The van der Waals surface area contributed by atoms with Gasteiger partial charge in [0.05, 0.1) is 36.9 Å². The van der Waals surface area contributed by atoms with E-state index in [0.29, 0.717) is 38.9 Å². The van der Waals surface area contributed by atoms with Crippen LogP contribution in [0.3, 0.4) is 0 Å². The Morgan fingerprint density at radius 3 is 1.77 bits per heavy atom. The monoisotopic (exact) mass is 454 g/mol. The van der Waals surface area contributed by atoms with Gasteiger partial charge in [-0.05, 0) is 57.8 Å². The number of hydrogen-bond acceptors (Lipinski definition) is 3. The molecule has 31 heavy (non-hydrogen) atoms. The maximum Gasteiger partial charge on any atom is 0.394 e. The van der Waals surface area contributed by atoms with E-state index in [2.05, 4.69) is 6.92 Å². The fourth-order valence-electron chi connectivity index (χ4n) is 4.30. The van der Waals surface area contributed by atoms with Crippen LogP contribution in [-0.4, -0.2) is 42.8 Å². The van der Waals surface area contributed by atoms with Crippen molar-refractivity contribution in [2.24, 2.45) is 16.2 Å². The molecule has 5 unspecified atom stereocenters. The van der Waals surface area contributed by atoms with Crippen LogP contribution < -0.4 is 0 Å². The Morgan fingerprint density at radius 1 is 0.806 bits per heavy atom. The molecule has 0 radical (unpaired) electrons. The van der Waals surface area contributed by atoms with Gasteiger partial charge in [0.25, 0.3) is 0 Å². The molecule has 0 saturated carbocycles. The molecule has 6 heteroatoms. The number of halogens is 3. The largest absolute Gasteiger partial charge is 0.394 e. The summed E-state index contributed by atoms with van der Waals surface area (Å²) in [5.41, 5.74) is -3.56. The number of rotatable bonds is 16. The molecule has 5 atom stereocenters. The van der Waals surface area contributed by atoms with E-state index >= 15 is 0 Å². The predicted octanol–water partition coefficient (Wildman–Crippen LogP) is 7.55. The zero-order valence-electron chi connectivity index (χ0n) is 21.5. The molecular formula is C25H49F3O3. The maximum atomic E-state index is 13.8. The van der Waals surface area contributed by atoms with Crippen molar-refractivity contribution in [3.8, 4) is 0 Å². The smallest absolute Gasteiger partial charge is 0.390 e. The second-order valence-electron chi connectivity index (χ2n) is 11.0. The molecule has 0 aliphatic carbocycles. The van der Waals surface area contributed by atoms with E-state index in [0.717, 1.165) is 6.42 Å². The number of alkyl halides is 3. The maximum absolute atomic E-state index is 13.8. The van der Waals surface area contributed by atoms with Crippen molar-refractivity contribution < 1.29 is 27.8 Å². The van der Waals surface area contributed by atoms with Gasteiger partial charge in [-0.2, -0.15) is 13.2 Å². The summed E-state index contributed by atoms with van der Waals surface area (Å²) in [6, 6.07) is 0. The van der Waals surface area contributed by atoms with Gasteiger partial charge in [0.15, 0.2) is 0 Å². The van der Waals surface area contributed by atoms with Crippen LogP contribution in [-0.2, 0) is 9.47 Å². The molecule has 0 aromatic carbocycles. The van der Waals surface area contributed by atoms with Crippen molar-refractivity contribution in [3.63, 3.8) is 0 Å². The number of aliphatic hydroxyl groups is 1. The molecule has 0 fully saturated rings. The first-order valence-corrected chi connectivity index (χ1v) is 12.0. The Hall–Kier alpha value is -0.330. The SMILES string of the molecule is CCCC(C)(CC(C)(CC)COCC(C)(COC(C)CC)CC(C)(O)CC)C(F)(F)F. The van der Waals surface area contributed by atoms with Gasteiger partial charge in [-0.1, -0.05) is 54.9 Å². The van der Waals surface area contributed by atoms with Crippen molar-refractivity contribution in [1.29, 1.82) is 0 Å². The molecule has 0 heterocycles. The summed E-state index contributed by atoms with van der Waals surface area (Å²) in [5, 5.41) is 10.7. The lowest BCUT2D eigenvalue weighted by Crippen LogP contribution is -2.43. The lowest BCUT2D eigenvalue weighted by molar-refractivity contribution is -0.233. The Morgan fingerprint density at radius 2 is 1.35 bits per heavy atom. The van der Waals surface area contributed by atoms with Gasteiger partial charge in [0.2, 0.25) is 0 Å². The van der Waals surface area contributed by atoms with Crippen molar-refractivity contribution in [3.05, 3.63) is 0 Å². The zero-order chi connectivity index (χ0) is 24.6. The molecule has 0 aromatic heterocycles. The van der Waals surface area contributed by atoms with Crippen LogP contribution in [0.2, 0.25) is 0 Å². The standard InChI is InChI=1S/C25H49F3O3/c1-10-14-23(8,25(26,27)28)15-21(6,12-3)17-30-18-22(7,16-24(9,29)13-4)19-31-20(5)11-2/h20,29H,10-19H2,1-9H3. The summed E-state index contributed by atoms with van der Waals surface area (Å²) in [6.45, 7) is 17.8. The lowest BCUT2D eigenvalue weighted by atomic mass is 9.69. The summed E-state index contributed by atoms with van der Waals surface area (Å²) >= 11 is 0. The quantitative estimate of drug-likeness (QED) is 0.262. The first kappa shape index (κ1) is 30.7. The third-order valence-corrected chi connectivity index (χ3v) is 6.92. The van der Waals surface area contributed by atoms with E-state index in [1.54, 1.807) is 6.92 Å². The topological polar surface area (TPSA) is 38.7 Å².